The minimum atomic E-state index is -0.125. The van der Waals surface area contributed by atoms with Gasteiger partial charge in [-0.1, -0.05) is 13.8 Å². The Bertz CT molecular complexity index is 213. The van der Waals surface area contributed by atoms with Crippen molar-refractivity contribution >= 4 is 5.91 Å². The van der Waals surface area contributed by atoms with Gasteiger partial charge in [0.15, 0.2) is 0 Å². The Labute approximate surface area is 91.8 Å². The van der Waals surface area contributed by atoms with Crippen molar-refractivity contribution in [1.29, 1.82) is 0 Å². The summed E-state index contributed by atoms with van der Waals surface area (Å²) in [6.07, 6.45) is 2.42. The quantitative estimate of drug-likeness (QED) is 0.664. The van der Waals surface area contributed by atoms with E-state index in [0.29, 0.717) is 26.1 Å². The van der Waals surface area contributed by atoms with E-state index >= 15 is 0 Å². The Morgan fingerprint density at radius 2 is 2.07 bits per heavy atom. The van der Waals surface area contributed by atoms with Crippen molar-refractivity contribution in [3.05, 3.63) is 0 Å². The highest BCUT2D eigenvalue weighted by atomic mass is 16.5. The van der Waals surface area contributed by atoms with E-state index in [1.54, 1.807) is 0 Å². The SMILES string of the molecule is CCCOCCC(=O)N1CC(N)(CC)C1. The molecule has 4 heteroatoms. The van der Waals surface area contributed by atoms with Crippen LogP contribution in [0.3, 0.4) is 0 Å². The first-order valence-corrected chi connectivity index (χ1v) is 5.75. The van der Waals surface area contributed by atoms with Crippen LogP contribution >= 0.6 is 0 Å². The van der Waals surface area contributed by atoms with Gasteiger partial charge in [0.2, 0.25) is 5.91 Å². The second-order valence-electron chi connectivity index (χ2n) is 4.33. The van der Waals surface area contributed by atoms with Crippen molar-refractivity contribution < 1.29 is 9.53 Å². The first kappa shape index (κ1) is 12.5. The summed E-state index contributed by atoms with van der Waals surface area (Å²) in [7, 11) is 0. The summed E-state index contributed by atoms with van der Waals surface area (Å²) < 4.78 is 5.27. The number of nitrogens with two attached hydrogens (primary N) is 1. The summed E-state index contributed by atoms with van der Waals surface area (Å²) in [5.74, 6) is 0.167. The van der Waals surface area contributed by atoms with Gasteiger partial charge in [0.1, 0.15) is 0 Å². The first-order valence-electron chi connectivity index (χ1n) is 5.75. The highest BCUT2D eigenvalue weighted by Gasteiger charge is 2.39. The molecule has 0 saturated carbocycles. The molecule has 1 amide bonds. The van der Waals surface area contributed by atoms with Crippen LogP contribution in [0.1, 0.15) is 33.1 Å². The second kappa shape index (κ2) is 5.47. The number of ether oxygens (including phenoxy) is 1. The summed E-state index contributed by atoms with van der Waals surface area (Å²) >= 11 is 0. The monoisotopic (exact) mass is 214 g/mol. The third-order valence-electron chi connectivity index (χ3n) is 2.88. The van der Waals surface area contributed by atoms with Crippen LogP contribution in [0.25, 0.3) is 0 Å². The van der Waals surface area contributed by atoms with E-state index in [0.717, 1.165) is 19.4 Å². The van der Waals surface area contributed by atoms with Crippen LogP contribution < -0.4 is 5.73 Å². The number of hydrogen-bond acceptors (Lipinski definition) is 3. The molecule has 0 radical (unpaired) electrons. The molecule has 0 aromatic carbocycles. The summed E-state index contributed by atoms with van der Waals surface area (Å²) in [5, 5.41) is 0. The first-order chi connectivity index (χ1) is 7.11. The predicted molar refractivity (Wildman–Crippen MR) is 59.5 cm³/mol. The maximum absolute atomic E-state index is 11.6. The van der Waals surface area contributed by atoms with Gasteiger partial charge in [-0.25, -0.2) is 0 Å². The molecule has 1 heterocycles. The minimum Gasteiger partial charge on any atom is -0.381 e. The van der Waals surface area contributed by atoms with Crippen LogP contribution in [-0.4, -0.2) is 42.6 Å². The number of nitrogens with zero attached hydrogens (tertiary/aromatic N) is 1. The van der Waals surface area contributed by atoms with E-state index in [1.165, 1.54) is 0 Å². The molecule has 1 rings (SSSR count). The number of carbonyl (C=O) groups excluding carboxylic acids is 1. The van der Waals surface area contributed by atoms with E-state index in [-0.39, 0.29) is 11.4 Å². The van der Waals surface area contributed by atoms with Gasteiger partial charge in [-0.3, -0.25) is 4.79 Å². The fourth-order valence-electron chi connectivity index (χ4n) is 1.68. The van der Waals surface area contributed by atoms with E-state index in [1.807, 2.05) is 4.90 Å². The third-order valence-corrected chi connectivity index (χ3v) is 2.88. The fraction of sp³-hybridized carbons (Fsp3) is 0.909. The zero-order valence-electron chi connectivity index (χ0n) is 9.79. The molecule has 15 heavy (non-hydrogen) atoms. The molecule has 0 aromatic heterocycles. The molecule has 0 atom stereocenters. The lowest BCUT2D eigenvalue weighted by atomic mass is 9.88. The molecule has 4 nitrogen and oxygen atoms in total. The molecule has 0 aromatic rings. The molecule has 0 unspecified atom stereocenters. The molecule has 0 aliphatic carbocycles. The van der Waals surface area contributed by atoms with Crippen molar-refractivity contribution in [3.63, 3.8) is 0 Å². The lowest BCUT2D eigenvalue weighted by Crippen LogP contribution is -2.68. The van der Waals surface area contributed by atoms with Crippen molar-refractivity contribution in [2.24, 2.45) is 5.73 Å². The largest absolute Gasteiger partial charge is 0.381 e. The summed E-state index contributed by atoms with van der Waals surface area (Å²) in [4.78, 5) is 13.4. The number of likely N-dealkylation sites (tertiary alicyclic amines) is 1. The van der Waals surface area contributed by atoms with Gasteiger partial charge in [-0.15, -0.1) is 0 Å². The predicted octanol–water partition coefficient (Wildman–Crippen LogP) is 0.753. The molecule has 0 bridgehead atoms. The molecule has 0 spiro atoms. The van der Waals surface area contributed by atoms with Crippen molar-refractivity contribution in [2.45, 2.75) is 38.6 Å². The average molecular weight is 214 g/mol. The van der Waals surface area contributed by atoms with Gasteiger partial charge >= 0.3 is 0 Å². The van der Waals surface area contributed by atoms with Gasteiger partial charge in [-0.05, 0) is 12.8 Å². The van der Waals surface area contributed by atoms with Gasteiger partial charge in [0, 0.05) is 19.7 Å². The molecule has 2 N–H and O–H groups in total. The van der Waals surface area contributed by atoms with Crippen molar-refractivity contribution in [2.75, 3.05) is 26.3 Å². The number of amides is 1. The van der Waals surface area contributed by atoms with Gasteiger partial charge in [-0.2, -0.15) is 0 Å². The van der Waals surface area contributed by atoms with Crippen LogP contribution in [0.15, 0.2) is 0 Å². The third kappa shape index (κ3) is 3.47. The maximum atomic E-state index is 11.6. The summed E-state index contributed by atoms with van der Waals surface area (Å²) in [6.45, 7) is 6.80. The Morgan fingerprint density at radius 3 is 2.60 bits per heavy atom. The van der Waals surface area contributed by atoms with Crippen molar-refractivity contribution in [3.8, 4) is 0 Å². The van der Waals surface area contributed by atoms with E-state index in [4.69, 9.17) is 10.5 Å². The smallest absolute Gasteiger partial charge is 0.225 e. The van der Waals surface area contributed by atoms with Crippen LogP contribution in [0, 0.1) is 0 Å². The Kier molecular flexibility index (Phi) is 4.54. The fourth-order valence-corrected chi connectivity index (χ4v) is 1.68. The highest BCUT2D eigenvalue weighted by Crippen LogP contribution is 2.21. The lowest BCUT2D eigenvalue weighted by molar-refractivity contribution is -0.139. The number of rotatable bonds is 6. The topological polar surface area (TPSA) is 55.6 Å². The zero-order chi connectivity index (χ0) is 11.3. The van der Waals surface area contributed by atoms with Gasteiger partial charge in [0.05, 0.1) is 18.6 Å². The molecule has 1 aliphatic heterocycles. The van der Waals surface area contributed by atoms with Crippen LogP contribution in [0.5, 0.6) is 0 Å². The number of hydrogen-bond donors (Lipinski definition) is 1. The molecule has 1 fully saturated rings. The molecular formula is C11H22N2O2. The van der Waals surface area contributed by atoms with Gasteiger partial charge in [0.25, 0.3) is 0 Å². The Morgan fingerprint density at radius 1 is 1.40 bits per heavy atom. The Hall–Kier alpha value is -0.610. The Balaban J connectivity index is 2.10. The van der Waals surface area contributed by atoms with E-state index < -0.39 is 0 Å². The average Bonchev–Trinajstić information content (AvgIpc) is 2.19. The second-order valence-corrected chi connectivity index (χ2v) is 4.33. The summed E-state index contributed by atoms with van der Waals surface area (Å²) in [5.41, 5.74) is 5.86. The van der Waals surface area contributed by atoms with Crippen LogP contribution in [0.2, 0.25) is 0 Å². The van der Waals surface area contributed by atoms with Gasteiger partial charge < -0.3 is 15.4 Å². The van der Waals surface area contributed by atoms with Crippen LogP contribution in [-0.2, 0) is 9.53 Å². The zero-order valence-corrected chi connectivity index (χ0v) is 9.79. The minimum absolute atomic E-state index is 0.125. The van der Waals surface area contributed by atoms with Crippen LogP contribution in [0.4, 0.5) is 0 Å². The van der Waals surface area contributed by atoms with E-state index in [2.05, 4.69) is 13.8 Å². The molecule has 1 saturated heterocycles. The summed E-state index contributed by atoms with van der Waals surface area (Å²) in [6, 6.07) is 0. The standard InChI is InChI=1S/C11H22N2O2/c1-3-6-15-7-5-10(14)13-8-11(12,4-2)9-13/h3-9,12H2,1-2H3. The molecule has 1 aliphatic rings. The molecular weight excluding hydrogens is 192 g/mol. The highest BCUT2D eigenvalue weighted by molar-refractivity contribution is 5.77. The van der Waals surface area contributed by atoms with E-state index in [9.17, 15) is 4.79 Å². The normalized spacial score (nSPS) is 18.7. The lowest BCUT2D eigenvalue weighted by Gasteiger charge is -2.47. The van der Waals surface area contributed by atoms with Crippen molar-refractivity contribution in [1.82, 2.24) is 4.90 Å². The maximum Gasteiger partial charge on any atom is 0.225 e. The number of carbonyl (C=O) groups is 1. The molecule has 88 valence electrons.